The van der Waals surface area contributed by atoms with Crippen LogP contribution in [0.15, 0.2) is 224 Å². The van der Waals surface area contributed by atoms with E-state index in [-0.39, 0.29) is 0 Å². The molecule has 0 aromatic heterocycles. The Labute approximate surface area is 311 Å². The molecule has 0 bridgehead atoms. The third-order valence-corrected chi connectivity index (χ3v) is 10.1. The van der Waals surface area contributed by atoms with Gasteiger partial charge in [0.2, 0.25) is 0 Å². The summed E-state index contributed by atoms with van der Waals surface area (Å²) >= 11 is 0. The molecular weight excluding hydrogens is 639 g/mol. The Hall–Kier alpha value is -6.96. The Morgan fingerprint density at radius 3 is 1.32 bits per heavy atom. The highest BCUT2D eigenvalue weighted by molar-refractivity contribution is 5.98. The molecule has 9 aromatic carbocycles. The molecule has 0 saturated heterocycles. The van der Waals surface area contributed by atoms with Crippen LogP contribution in [-0.2, 0) is 0 Å². The van der Waals surface area contributed by atoms with Crippen LogP contribution in [0.1, 0.15) is 0 Å². The topological polar surface area (TPSA) is 3.24 Å². The van der Waals surface area contributed by atoms with E-state index in [1.54, 1.807) is 0 Å². The second kappa shape index (κ2) is 14.3. The molecule has 0 aliphatic heterocycles. The summed E-state index contributed by atoms with van der Waals surface area (Å²) < 4.78 is 0. The predicted octanol–water partition coefficient (Wildman–Crippen LogP) is 14.6. The lowest BCUT2D eigenvalue weighted by atomic mass is 9.88. The van der Waals surface area contributed by atoms with Crippen molar-refractivity contribution in [3.8, 4) is 55.6 Å². The average molecular weight is 676 g/mol. The van der Waals surface area contributed by atoms with Gasteiger partial charge in [-0.15, -0.1) is 0 Å². The average Bonchev–Trinajstić information content (AvgIpc) is 3.25. The summed E-state index contributed by atoms with van der Waals surface area (Å²) in [5.74, 6) is 0. The fourth-order valence-corrected chi connectivity index (χ4v) is 7.51. The van der Waals surface area contributed by atoms with Gasteiger partial charge < -0.3 is 4.90 Å². The van der Waals surface area contributed by atoms with Crippen LogP contribution in [0, 0.1) is 0 Å². The Balaban J connectivity index is 1.24. The third kappa shape index (κ3) is 6.42. The Kier molecular flexibility index (Phi) is 8.66. The van der Waals surface area contributed by atoms with Gasteiger partial charge >= 0.3 is 0 Å². The van der Waals surface area contributed by atoms with Crippen molar-refractivity contribution in [2.24, 2.45) is 0 Å². The lowest BCUT2D eigenvalue weighted by molar-refractivity contribution is 1.28. The van der Waals surface area contributed by atoms with Crippen molar-refractivity contribution in [1.29, 1.82) is 0 Å². The summed E-state index contributed by atoms with van der Waals surface area (Å²) in [5.41, 5.74) is 15.2. The number of anilines is 3. The molecule has 1 heteroatoms. The van der Waals surface area contributed by atoms with Gasteiger partial charge in [-0.1, -0.05) is 188 Å². The summed E-state index contributed by atoms with van der Waals surface area (Å²) in [7, 11) is 0. The molecule has 0 N–H and O–H groups in total. The minimum atomic E-state index is 1.09. The first-order valence-corrected chi connectivity index (χ1v) is 18.2. The SMILES string of the molecule is c1ccc(-c2cccc(N(c3cccc(-c4ccc5ccccc5c4)c3)c3ccccc3-c3ccccc3-c3ccccc3-c3ccccc3)c2)cc1. The molecule has 0 unspecified atom stereocenters. The van der Waals surface area contributed by atoms with Crippen LogP contribution in [0.4, 0.5) is 17.1 Å². The minimum absolute atomic E-state index is 1.09. The largest absolute Gasteiger partial charge is 0.310 e. The smallest absolute Gasteiger partial charge is 0.0540 e. The van der Waals surface area contributed by atoms with Gasteiger partial charge in [-0.2, -0.15) is 0 Å². The van der Waals surface area contributed by atoms with Crippen LogP contribution >= 0.6 is 0 Å². The fourth-order valence-electron chi connectivity index (χ4n) is 7.51. The van der Waals surface area contributed by atoms with Crippen molar-refractivity contribution in [3.05, 3.63) is 224 Å². The Bertz CT molecular complexity index is 2670. The molecule has 0 aliphatic rings. The number of hydrogen-bond acceptors (Lipinski definition) is 1. The first-order chi connectivity index (χ1) is 26.3. The maximum absolute atomic E-state index is 2.42. The van der Waals surface area contributed by atoms with Crippen LogP contribution in [0.25, 0.3) is 66.4 Å². The number of hydrogen-bond donors (Lipinski definition) is 0. The van der Waals surface area contributed by atoms with Crippen molar-refractivity contribution in [3.63, 3.8) is 0 Å². The van der Waals surface area contributed by atoms with Gasteiger partial charge in [0.1, 0.15) is 0 Å². The van der Waals surface area contributed by atoms with Crippen molar-refractivity contribution in [2.45, 2.75) is 0 Å². The molecule has 0 fully saturated rings. The van der Waals surface area contributed by atoms with Crippen molar-refractivity contribution < 1.29 is 0 Å². The normalized spacial score (nSPS) is 11.0. The van der Waals surface area contributed by atoms with Crippen LogP contribution in [0.5, 0.6) is 0 Å². The molecule has 0 radical (unpaired) electrons. The van der Waals surface area contributed by atoms with E-state index in [1.807, 2.05) is 0 Å². The van der Waals surface area contributed by atoms with Crippen molar-refractivity contribution in [1.82, 2.24) is 0 Å². The van der Waals surface area contributed by atoms with E-state index in [2.05, 4.69) is 229 Å². The molecule has 0 heterocycles. The first kappa shape index (κ1) is 32.0. The predicted molar refractivity (Wildman–Crippen MR) is 226 cm³/mol. The molecule has 9 aromatic rings. The van der Waals surface area contributed by atoms with Gasteiger partial charge in [0.25, 0.3) is 0 Å². The van der Waals surface area contributed by atoms with Gasteiger partial charge in [0, 0.05) is 16.9 Å². The van der Waals surface area contributed by atoms with E-state index in [9.17, 15) is 0 Å². The molecule has 250 valence electrons. The van der Waals surface area contributed by atoms with E-state index in [1.165, 1.54) is 60.8 Å². The van der Waals surface area contributed by atoms with E-state index >= 15 is 0 Å². The lowest BCUT2D eigenvalue weighted by Gasteiger charge is -2.29. The first-order valence-electron chi connectivity index (χ1n) is 18.2. The molecule has 9 rings (SSSR count). The van der Waals surface area contributed by atoms with Crippen molar-refractivity contribution in [2.75, 3.05) is 4.90 Å². The maximum atomic E-state index is 2.42. The monoisotopic (exact) mass is 675 g/mol. The molecule has 0 spiro atoms. The van der Waals surface area contributed by atoms with Gasteiger partial charge in [-0.05, 0) is 97.2 Å². The highest BCUT2D eigenvalue weighted by atomic mass is 15.1. The fraction of sp³-hybridized carbons (Fsp3) is 0. The summed E-state index contributed by atoms with van der Waals surface area (Å²) in [6.45, 7) is 0. The number of para-hydroxylation sites is 1. The highest BCUT2D eigenvalue weighted by Crippen LogP contribution is 2.46. The summed E-state index contributed by atoms with van der Waals surface area (Å²) in [5, 5.41) is 2.48. The second-order valence-corrected chi connectivity index (χ2v) is 13.3. The quantitative estimate of drug-likeness (QED) is 0.155. The van der Waals surface area contributed by atoms with E-state index in [4.69, 9.17) is 0 Å². The second-order valence-electron chi connectivity index (χ2n) is 13.3. The summed E-state index contributed by atoms with van der Waals surface area (Å²) in [4.78, 5) is 2.42. The van der Waals surface area contributed by atoms with E-state index < -0.39 is 0 Å². The third-order valence-electron chi connectivity index (χ3n) is 10.1. The molecular formula is C52H37N. The maximum Gasteiger partial charge on any atom is 0.0540 e. The standard InChI is InChI=1S/C52H37N/c1-3-17-38(18-4-1)42-23-15-25-45(36-42)53(46-26-16-24-43(37-46)44-34-33-39-19-7-8-22-41(39)35-44)52-32-14-13-31-51(52)50-30-12-11-29-49(50)48-28-10-9-27-47(48)40-20-5-2-6-21-40/h1-37H. The number of rotatable bonds is 8. The van der Waals surface area contributed by atoms with Crippen molar-refractivity contribution >= 4 is 27.8 Å². The molecule has 0 amide bonds. The Morgan fingerprint density at radius 2 is 0.660 bits per heavy atom. The highest BCUT2D eigenvalue weighted by Gasteiger charge is 2.21. The molecule has 0 atom stereocenters. The molecule has 0 saturated carbocycles. The van der Waals surface area contributed by atoms with Crippen LogP contribution in [-0.4, -0.2) is 0 Å². The van der Waals surface area contributed by atoms with Crippen LogP contribution in [0.3, 0.4) is 0 Å². The minimum Gasteiger partial charge on any atom is -0.310 e. The molecule has 1 nitrogen and oxygen atoms in total. The van der Waals surface area contributed by atoms with Gasteiger partial charge in [0.05, 0.1) is 5.69 Å². The lowest BCUT2D eigenvalue weighted by Crippen LogP contribution is -2.11. The van der Waals surface area contributed by atoms with Crippen LogP contribution in [0.2, 0.25) is 0 Å². The van der Waals surface area contributed by atoms with E-state index in [0.717, 1.165) is 22.6 Å². The zero-order valence-corrected chi connectivity index (χ0v) is 29.3. The van der Waals surface area contributed by atoms with Gasteiger partial charge in [0.15, 0.2) is 0 Å². The Morgan fingerprint density at radius 1 is 0.226 bits per heavy atom. The van der Waals surface area contributed by atoms with Crippen LogP contribution < -0.4 is 4.90 Å². The summed E-state index contributed by atoms with van der Waals surface area (Å²) in [6, 6.07) is 80.9. The molecule has 53 heavy (non-hydrogen) atoms. The van der Waals surface area contributed by atoms with E-state index in [0.29, 0.717) is 0 Å². The summed E-state index contributed by atoms with van der Waals surface area (Å²) in [6.07, 6.45) is 0. The number of nitrogens with zero attached hydrogens (tertiary/aromatic N) is 1. The zero-order valence-electron chi connectivity index (χ0n) is 29.3. The van der Waals surface area contributed by atoms with Gasteiger partial charge in [-0.3, -0.25) is 0 Å². The zero-order chi connectivity index (χ0) is 35.4. The number of benzene rings is 9. The number of fused-ring (bicyclic) bond motifs is 1. The van der Waals surface area contributed by atoms with Gasteiger partial charge in [-0.25, -0.2) is 0 Å². The molecule has 0 aliphatic carbocycles.